The van der Waals surface area contributed by atoms with E-state index in [1.54, 1.807) is 13.0 Å². The zero-order valence-corrected chi connectivity index (χ0v) is 17.5. The third-order valence-electron chi connectivity index (χ3n) is 4.02. The maximum atomic E-state index is 13.7. The number of nitrogens with one attached hydrogen (secondary N) is 2. The summed E-state index contributed by atoms with van der Waals surface area (Å²) in [7, 11) is 0. The summed E-state index contributed by atoms with van der Waals surface area (Å²) in [6.45, 7) is 5.68. The maximum absolute atomic E-state index is 13.7. The lowest BCUT2D eigenvalue weighted by Gasteiger charge is -2.15. The molecule has 3 rings (SSSR count). The first-order chi connectivity index (χ1) is 14.6. The van der Waals surface area contributed by atoms with Crippen LogP contribution in [0.5, 0.6) is 5.75 Å². The van der Waals surface area contributed by atoms with Gasteiger partial charge < -0.3 is 19.9 Å². The number of halogens is 2. The Morgan fingerprint density at radius 2 is 2.00 bits per heavy atom. The zero-order chi connectivity index (χ0) is 22.6. The molecule has 0 unspecified atom stereocenters. The van der Waals surface area contributed by atoms with Gasteiger partial charge in [0.15, 0.2) is 11.5 Å². The number of alkyl halides is 2. The Bertz CT molecular complexity index is 1080. The predicted molar refractivity (Wildman–Crippen MR) is 108 cm³/mol. The number of hydrogen-bond donors (Lipinski definition) is 2. The minimum Gasteiger partial charge on any atom is -0.482 e. The van der Waals surface area contributed by atoms with Gasteiger partial charge in [0.05, 0.1) is 17.6 Å². The Balaban J connectivity index is 1.90. The number of amides is 1. The van der Waals surface area contributed by atoms with Crippen molar-refractivity contribution in [3.05, 3.63) is 47.4 Å². The number of anilines is 3. The molecule has 3 heterocycles. The van der Waals surface area contributed by atoms with E-state index in [4.69, 9.17) is 9.26 Å². The average molecular weight is 432 g/mol. The monoisotopic (exact) mass is 432 g/mol. The van der Waals surface area contributed by atoms with Gasteiger partial charge >= 0.3 is 5.92 Å². The fraction of sp³-hybridized carbons (Fsp3) is 0.350. The first-order valence-corrected chi connectivity index (χ1v) is 9.50. The number of carbonyl (C=O) groups is 1. The van der Waals surface area contributed by atoms with Crippen molar-refractivity contribution >= 4 is 23.2 Å². The van der Waals surface area contributed by atoms with Gasteiger partial charge in [-0.3, -0.25) is 4.79 Å². The van der Waals surface area contributed by atoms with E-state index >= 15 is 0 Å². The molecule has 0 atom stereocenters. The smallest absolute Gasteiger partial charge is 0.303 e. The van der Waals surface area contributed by atoms with Crippen LogP contribution >= 0.6 is 0 Å². The molecular weight excluding hydrogens is 410 g/mol. The van der Waals surface area contributed by atoms with Gasteiger partial charge in [-0.1, -0.05) is 12.1 Å². The summed E-state index contributed by atoms with van der Waals surface area (Å²) in [6, 6.07) is 4.80. The van der Waals surface area contributed by atoms with Crippen molar-refractivity contribution in [2.45, 2.75) is 46.6 Å². The summed E-state index contributed by atoms with van der Waals surface area (Å²) < 4.78 is 38.4. The molecular formula is C20H22F2N6O3. The van der Waals surface area contributed by atoms with Gasteiger partial charge in [0, 0.05) is 37.7 Å². The highest BCUT2D eigenvalue weighted by Gasteiger charge is 2.29. The van der Waals surface area contributed by atoms with Crippen molar-refractivity contribution < 1.29 is 22.8 Å². The van der Waals surface area contributed by atoms with Gasteiger partial charge in [-0.2, -0.15) is 8.78 Å². The summed E-state index contributed by atoms with van der Waals surface area (Å²) >= 11 is 0. The molecule has 1 amide bonds. The lowest BCUT2D eigenvalue weighted by molar-refractivity contribution is -0.114. The Morgan fingerprint density at radius 3 is 2.65 bits per heavy atom. The molecule has 0 aliphatic heterocycles. The molecule has 9 nitrogen and oxygen atoms in total. The van der Waals surface area contributed by atoms with Crippen LogP contribution in [0.2, 0.25) is 0 Å². The fourth-order valence-electron chi connectivity index (χ4n) is 2.61. The molecule has 3 aromatic rings. The summed E-state index contributed by atoms with van der Waals surface area (Å²) in [6.07, 6.45) is 2.12. The molecule has 0 fully saturated rings. The Hall–Kier alpha value is -3.63. The van der Waals surface area contributed by atoms with Crippen LogP contribution in [0.1, 0.15) is 43.7 Å². The normalized spacial score (nSPS) is 11.3. The minimum atomic E-state index is -3.20. The van der Waals surface area contributed by atoms with Crippen LogP contribution in [0.15, 0.2) is 28.9 Å². The van der Waals surface area contributed by atoms with Gasteiger partial charge in [0.2, 0.25) is 11.7 Å². The van der Waals surface area contributed by atoms with Crippen molar-refractivity contribution in [3.63, 3.8) is 0 Å². The first kappa shape index (κ1) is 22.1. The van der Waals surface area contributed by atoms with E-state index in [1.165, 1.54) is 25.3 Å². The van der Waals surface area contributed by atoms with Crippen LogP contribution < -0.4 is 15.4 Å². The Labute approximate surface area is 177 Å². The maximum Gasteiger partial charge on any atom is 0.303 e. The van der Waals surface area contributed by atoms with E-state index in [0.717, 1.165) is 19.0 Å². The molecule has 164 valence electrons. The average Bonchev–Trinajstić information content (AvgIpc) is 3.14. The Kier molecular flexibility index (Phi) is 6.42. The Morgan fingerprint density at radius 1 is 1.23 bits per heavy atom. The number of carbonyl (C=O) groups excluding carboxylic acids is 1. The van der Waals surface area contributed by atoms with Crippen molar-refractivity contribution in [2.24, 2.45) is 0 Å². The van der Waals surface area contributed by atoms with Gasteiger partial charge in [-0.15, -0.1) is 0 Å². The summed E-state index contributed by atoms with van der Waals surface area (Å²) in [5, 5.41) is 9.41. The van der Waals surface area contributed by atoms with E-state index in [-0.39, 0.29) is 24.1 Å². The number of nitrogens with zero attached hydrogens (tertiary/aromatic N) is 4. The van der Waals surface area contributed by atoms with Crippen molar-refractivity contribution in [1.82, 2.24) is 20.1 Å². The zero-order valence-electron chi connectivity index (χ0n) is 17.5. The molecule has 3 aromatic heterocycles. The van der Waals surface area contributed by atoms with Crippen LogP contribution in [-0.4, -0.2) is 26.0 Å². The standard InChI is InChI=1S/C20H22F2N6O3/c1-5-13-7-14(31-28-13)10-30-16-9-23-17(25-12(3)29)8-15(16)26-18-6-11(2)24-19(27-18)20(4,21)22/h6-9H,5,10H2,1-4H3,(H2,23,24,25,26,27,29). The van der Waals surface area contributed by atoms with Crippen LogP contribution in [0, 0.1) is 6.92 Å². The molecule has 2 N–H and O–H groups in total. The van der Waals surface area contributed by atoms with Crippen molar-refractivity contribution in [1.29, 1.82) is 0 Å². The highest BCUT2D eigenvalue weighted by molar-refractivity contribution is 5.88. The molecule has 0 bridgehead atoms. The SMILES string of the molecule is CCc1cc(COc2cnc(NC(C)=O)cc2Nc2cc(C)nc(C(C)(F)F)n2)on1. The van der Waals surface area contributed by atoms with Crippen LogP contribution in [-0.2, 0) is 23.7 Å². The third-order valence-corrected chi connectivity index (χ3v) is 4.02. The van der Waals surface area contributed by atoms with Crippen molar-refractivity contribution in [2.75, 3.05) is 10.6 Å². The highest BCUT2D eigenvalue weighted by atomic mass is 19.3. The van der Waals surface area contributed by atoms with Crippen LogP contribution in [0.3, 0.4) is 0 Å². The topological polar surface area (TPSA) is 115 Å². The highest BCUT2D eigenvalue weighted by Crippen LogP contribution is 2.31. The largest absolute Gasteiger partial charge is 0.482 e. The predicted octanol–water partition coefficient (Wildman–Crippen LogP) is 4.12. The van der Waals surface area contributed by atoms with Gasteiger partial charge in [-0.25, -0.2) is 15.0 Å². The van der Waals surface area contributed by atoms with Crippen LogP contribution in [0.4, 0.5) is 26.1 Å². The van der Waals surface area contributed by atoms with E-state index < -0.39 is 11.7 Å². The van der Waals surface area contributed by atoms with E-state index in [9.17, 15) is 13.6 Å². The van der Waals surface area contributed by atoms with E-state index in [0.29, 0.717) is 22.9 Å². The molecule has 0 spiro atoms. The molecule has 0 saturated heterocycles. The van der Waals surface area contributed by atoms with E-state index in [2.05, 4.69) is 30.7 Å². The molecule has 11 heteroatoms. The molecule has 31 heavy (non-hydrogen) atoms. The van der Waals surface area contributed by atoms with Crippen molar-refractivity contribution in [3.8, 4) is 5.75 Å². The first-order valence-electron chi connectivity index (χ1n) is 9.50. The molecule has 0 aliphatic rings. The lowest BCUT2D eigenvalue weighted by atomic mass is 10.3. The number of aryl methyl sites for hydroxylation is 2. The number of rotatable bonds is 8. The van der Waals surface area contributed by atoms with Gasteiger partial charge in [0.1, 0.15) is 18.2 Å². The lowest BCUT2D eigenvalue weighted by Crippen LogP contribution is -2.14. The third kappa shape index (κ3) is 5.93. The second-order valence-electron chi connectivity index (χ2n) is 6.91. The molecule has 0 radical (unpaired) electrons. The molecule has 0 aromatic carbocycles. The second kappa shape index (κ2) is 9.02. The molecule has 0 aliphatic carbocycles. The number of aromatic nitrogens is 4. The van der Waals surface area contributed by atoms with Gasteiger partial charge in [-0.05, 0) is 13.3 Å². The summed E-state index contributed by atoms with van der Waals surface area (Å²) in [5.41, 5.74) is 1.51. The second-order valence-corrected chi connectivity index (χ2v) is 6.91. The van der Waals surface area contributed by atoms with Gasteiger partial charge in [0.25, 0.3) is 0 Å². The molecule has 0 saturated carbocycles. The number of ether oxygens (including phenoxy) is 1. The fourth-order valence-corrected chi connectivity index (χ4v) is 2.61. The van der Waals surface area contributed by atoms with E-state index in [1.807, 2.05) is 6.92 Å². The number of hydrogen-bond acceptors (Lipinski definition) is 8. The summed E-state index contributed by atoms with van der Waals surface area (Å²) in [5.74, 6) is -2.92. The number of pyridine rings is 1. The minimum absolute atomic E-state index is 0.0733. The van der Waals surface area contributed by atoms with Crippen LogP contribution in [0.25, 0.3) is 0 Å². The quantitative estimate of drug-likeness (QED) is 0.546. The summed E-state index contributed by atoms with van der Waals surface area (Å²) in [4.78, 5) is 23.2.